The zero-order valence-corrected chi connectivity index (χ0v) is 22.6. The summed E-state index contributed by atoms with van der Waals surface area (Å²) in [7, 11) is 8.26. The maximum atomic E-state index is 5.12. The number of aromatic nitrogens is 7. The summed E-state index contributed by atoms with van der Waals surface area (Å²) in [6, 6.07) is 10.9. The average molecular weight is 507 g/mol. The second-order valence-corrected chi connectivity index (χ2v) is 10.6. The summed E-state index contributed by atoms with van der Waals surface area (Å²) in [4.78, 5) is 12.0. The van der Waals surface area contributed by atoms with Crippen molar-refractivity contribution >= 4 is 0 Å². The quantitative estimate of drug-likeness (QED) is 0.319. The van der Waals surface area contributed by atoms with Crippen LogP contribution < -0.4 is 0 Å². The van der Waals surface area contributed by atoms with Crippen LogP contribution in [0.25, 0.3) is 22.4 Å². The molecular formula is C30H34N8. The van der Waals surface area contributed by atoms with Gasteiger partial charge in [0.1, 0.15) is 5.82 Å². The second kappa shape index (κ2) is 10.0. The molecule has 0 amide bonds. The monoisotopic (exact) mass is 506 g/mol. The molecule has 0 spiro atoms. The van der Waals surface area contributed by atoms with Crippen molar-refractivity contribution in [2.24, 2.45) is 14.1 Å². The summed E-state index contributed by atoms with van der Waals surface area (Å²) >= 11 is 0. The number of fused-ring (bicyclic) bond motifs is 3. The molecule has 38 heavy (non-hydrogen) atoms. The summed E-state index contributed by atoms with van der Waals surface area (Å²) in [5, 5.41) is 9.09. The first-order valence-electron chi connectivity index (χ1n) is 13.2. The van der Waals surface area contributed by atoms with Crippen LogP contribution >= 0.6 is 0 Å². The third kappa shape index (κ3) is 4.91. The minimum absolute atomic E-state index is 0.632. The van der Waals surface area contributed by atoms with E-state index < -0.39 is 0 Å². The first-order valence-corrected chi connectivity index (χ1v) is 13.2. The SMILES string of the molecule is CN(C)CCn1ccc(Cc2ncc3c(n2)-c2c(cn(C)c2Cc2cccc(-c4cnn(C)c4)c2)CC3)n1. The third-order valence-corrected chi connectivity index (χ3v) is 7.35. The van der Waals surface area contributed by atoms with E-state index in [2.05, 4.69) is 78.4 Å². The molecule has 0 N–H and O–H groups in total. The van der Waals surface area contributed by atoms with Crippen LogP contribution in [-0.2, 0) is 46.3 Å². The van der Waals surface area contributed by atoms with Gasteiger partial charge in [-0.25, -0.2) is 9.97 Å². The van der Waals surface area contributed by atoms with Crippen LogP contribution in [0.2, 0.25) is 0 Å². The van der Waals surface area contributed by atoms with Crippen molar-refractivity contribution in [3.8, 4) is 22.4 Å². The Labute approximate surface area is 223 Å². The fourth-order valence-electron chi connectivity index (χ4n) is 5.34. The van der Waals surface area contributed by atoms with Crippen LogP contribution in [-0.4, -0.2) is 59.6 Å². The Bertz CT molecular complexity index is 1590. The Morgan fingerprint density at radius 3 is 2.63 bits per heavy atom. The molecule has 0 radical (unpaired) electrons. The molecule has 8 nitrogen and oxygen atoms in total. The lowest BCUT2D eigenvalue weighted by molar-refractivity contribution is 0.372. The zero-order chi connectivity index (χ0) is 26.2. The first-order chi connectivity index (χ1) is 18.4. The lowest BCUT2D eigenvalue weighted by atomic mass is 9.90. The minimum Gasteiger partial charge on any atom is -0.353 e. The van der Waals surface area contributed by atoms with Gasteiger partial charge in [-0.05, 0) is 55.3 Å². The Hall–Kier alpha value is -4.04. The number of likely N-dealkylation sites (N-methyl/N-ethyl adjacent to an activating group) is 1. The summed E-state index contributed by atoms with van der Waals surface area (Å²) in [6.45, 7) is 1.83. The van der Waals surface area contributed by atoms with E-state index in [1.54, 1.807) is 0 Å². The van der Waals surface area contributed by atoms with Crippen LogP contribution in [0.5, 0.6) is 0 Å². The number of nitrogens with zero attached hydrogens (tertiary/aromatic N) is 8. The standard InChI is InChI=1S/C30H34N8/c1-35(2)12-13-38-11-10-26(34-38)16-28-31-17-23-8-9-24-19-36(3)27(29(24)30(23)33-28)15-21-6-5-7-22(14-21)25-18-32-37(4)20-25/h5-7,10-11,14,17-20H,8-9,12-13,15-16H2,1-4H3. The predicted molar refractivity (Wildman–Crippen MR) is 149 cm³/mol. The van der Waals surface area contributed by atoms with Gasteiger partial charge in [0.25, 0.3) is 0 Å². The summed E-state index contributed by atoms with van der Waals surface area (Å²) < 4.78 is 6.13. The normalized spacial score (nSPS) is 12.7. The summed E-state index contributed by atoms with van der Waals surface area (Å²) in [6.07, 6.45) is 13.8. The van der Waals surface area contributed by atoms with E-state index in [0.717, 1.165) is 55.1 Å². The smallest absolute Gasteiger partial charge is 0.134 e. The lowest BCUT2D eigenvalue weighted by Gasteiger charge is -2.18. The molecule has 8 heteroatoms. The summed E-state index contributed by atoms with van der Waals surface area (Å²) in [5.74, 6) is 0.822. The molecule has 1 aromatic carbocycles. The lowest BCUT2D eigenvalue weighted by Crippen LogP contribution is -2.18. The largest absolute Gasteiger partial charge is 0.353 e. The van der Waals surface area contributed by atoms with E-state index >= 15 is 0 Å². The van der Waals surface area contributed by atoms with E-state index in [4.69, 9.17) is 15.1 Å². The highest BCUT2D eigenvalue weighted by molar-refractivity contribution is 5.73. The van der Waals surface area contributed by atoms with Gasteiger partial charge in [-0.3, -0.25) is 9.36 Å². The Kier molecular flexibility index (Phi) is 6.41. The van der Waals surface area contributed by atoms with E-state index in [9.17, 15) is 0 Å². The number of benzene rings is 1. The van der Waals surface area contributed by atoms with Gasteiger partial charge < -0.3 is 9.47 Å². The molecule has 0 unspecified atom stereocenters. The molecule has 0 bridgehead atoms. The molecule has 6 rings (SSSR count). The van der Waals surface area contributed by atoms with Crippen molar-refractivity contribution < 1.29 is 0 Å². The van der Waals surface area contributed by atoms with Gasteiger partial charge in [-0.1, -0.05) is 24.3 Å². The van der Waals surface area contributed by atoms with Gasteiger partial charge in [0.05, 0.1) is 30.6 Å². The molecule has 0 saturated heterocycles. The zero-order valence-electron chi connectivity index (χ0n) is 22.6. The molecule has 0 atom stereocenters. The molecule has 4 heterocycles. The molecule has 194 valence electrons. The van der Waals surface area contributed by atoms with Crippen molar-refractivity contribution in [3.63, 3.8) is 0 Å². The van der Waals surface area contributed by atoms with Gasteiger partial charge >= 0.3 is 0 Å². The fourth-order valence-corrected chi connectivity index (χ4v) is 5.34. The Morgan fingerprint density at radius 1 is 0.947 bits per heavy atom. The van der Waals surface area contributed by atoms with E-state index in [-0.39, 0.29) is 0 Å². The minimum atomic E-state index is 0.632. The average Bonchev–Trinajstić information content (AvgIpc) is 3.62. The molecule has 0 aliphatic heterocycles. The van der Waals surface area contributed by atoms with Crippen molar-refractivity contribution in [1.29, 1.82) is 0 Å². The molecule has 4 aromatic heterocycles. The van der Waals surface area contributed by atoms with Gasteiger partial charge in [-0.15, -0.1) is 0 Å². The highest BCUT2D eigenvalue weighted by atomic mass is 15.3. The highest BCUT2D eigenvalue weighted by Gasteiger charge is 2.25. The van der Waals surface area contributed by atoms with Crippen LogP contribution in [0.3, 0.4) is 0 Å². The van der Waals surface area contributed by atoms with E-state index in [1.165, 1.54) is 33.5 Å². The molecular weight excluding hydrogens is 472 g/mol. The molecule has 1 aliphatic rings. The Balaban J connectivity index is 1.29. The van der Waals surface area contributed by atoms with E-state index in [1.807, 2.05) is 35.0 Å². The number of rotatable bonds is 8. The van der Waals surface area contributed by atoms with Crippen molar-refractivity contribution in [2.75, 3.05) is 20.6 Å². The Morgan fingerprint density at radius 2 is 1.82 bits per heavy atom. The molecule has 5 aromatic rings. The van der Waals surface area contributed by atoms with Crippen LogP contribution in [0.1, 0.15) is 33.9 Å². The van der Waals surface area contributed by atoms with Crippen molar-refractivity contribution in [2.45, 2.75) is 32.2 Å². The predicted octanol–water partition coefficient (Wildman–Crippen LogP) is 3.92. The van der Waals surface area contributed by atoms with Gasteiger partial charge in [0, 0.05) is 68.7 Å². The van der Waals surface area contributed by atoms with Gasteiger partial charge in [0.15, 0.2) is 0 Å². The topological polar surface area (TPSA) is 69.6 Å². The molecule has 0 fully saturated rings. The van der Waals surface area contributed by atoms with Gasteiger partial charge in [-0.2, -0.15) is 10.2 Å². The van der Waals surface area contributed by atoms with Crippen molar-refractivity contribution in [3.05, 3.63) is 95.2 Å². The highest BCUT2D eigenvalue weighted by Crippen LogP contribution is 2.37. The van der Waals surface area contributed by atoms with E-state index in [0.29, 0.717) is 6.42 Å². The van der Waals surface area contributed by atoms with Crippen LogP contribution in [0, 0.1) is 0 Å². The number of hydrogen-bond donors (Lipinski definition) is 0. The van der Waals surface area contributed by atoms with Crippen molar-refractivity contribution in [1.82, 2.24) is 39.0 Å². The molecule has 1 aliphatic carbocycles. The first kappa shape index (κ1) is 24.3. The number of hydrogen-bond acceptors (Lipinski definition) is 5. The fraction of sp³-hybridized carbons (Fsp3) is 0.333. The van der Waals surface area contributed by atoms with Crippen LogP contribution in [0.15, 0.2) is 61.3 Å². The van der Waals surface area contributed by atoms with Crippen LogP contribution in [0.4, 0.5) is 0 Å². The summed E-state index contributed by atoms with van der Waals surface area (Å²) in [5.41, 5.74) is 10.9. The maximum Gasteiger partial charge on any atom is 0.134 e. The number of aryl methyl sites for hydroxylation is 4. The maximum absolute atomic E-state index is 5.12. The second-order valence-electron chi connectivity index (χ2n) is 10.6. The molecule has 0 saturated carbocycles. The van der Waals surface area contributed by atoms with Gasteiger partial charge in [0.2, 0.25) is 0 Å². The third-order valence-electron chi connectivity index (χ3n) is 7.35.